The number of thiophene rings is 1. The van der Waals surface area contributed by atoms with Crippen LogP contribution in [0.25, 0.3) is 11.0 Å². The number of rotatable bonds is 3. The van der Waals surface area contributed by atoms with Gasteiger partial charge in [0.05, 0.1) is 22.2 Å². The molecule has 0 aliphatic heterocycles. The van der Waals surface area contributed by atoms with Crippen LogP contribution < -0.4 is 5.32 Å². The molecule has 0 atom stereocenters. The van der Waals surface area contributed by atoms with Crippen molar-refractivity contribution in [1.82, 2.24) is 14.8 Å². The number of carbonyl (C=O) groups excluding carboxylic acids is 1. The summed E-state index contributed by atoms with van der Waals surface area (Å²) < 4.78 is 1.73. The number of hydrogen-bond acceptors (Lipinski definition) is 5. The molecule has 3 aromatic heterocycles. The molecule has 4 rings (SSSR count). The average molecular weight is 365 g/mol. The molecule has 1 saturated carbocycles. The molecule has 1 fully saturated rings. The number of amides is 1. The lowest BCUT2D eigenvalue weighted by atomic mass is 10.1. The Morgan fingerprint density at radius 2 is 2.12 bits per heavy atom. The summed E-state index contributed by atoms with van der Waals surface area (Å²) in [6.07, 6.45) is 2.22. The minimum atomic E-state index is -0.215. The standard InChI is InChI=1S/C19H19N5OS/c1-9-11(3)26-19(14(9)8-20)22-18(25)13-7-15(12-5-6-12)21-17-16(13)10(2)23-24(17)4/h7,12H,5-6H2,1-4H3,(H,22,25). The van der Waals surface area contributed by atoms with E-state index in [1.54, 1.807) is 4.68 Å². The van der Waals surface area contributed by atoms with E-state index in [1.165, 1.54) is 11.3 Å². The highest BCUT2D eigenvalue weighted by atomic mass is 32.1. The van der Waals surface area contributed by atoms with Crippen molar-refractivity contribution in [3.8, 4) is 6.07 Å². The van der Waals surface area contributed by atoms with Crippen molar-refractivity contribution in [2.24, 2.45) is 7.05 Å². The predicted octanol–water partition coefficient (Wildman–Crippen LogP) is 3.96. The Kier molecular flexibility index (Phi) is 3.81. The minimum absolute atomic E-state index is 0.215. The molecule has 0 aromatic carbocycles. The van der Waals surface area contributed by atoms with Crippen molar-refractivity contribution in [1.29, 1.82) is 5.26 Å². The predicted molar refractivity (Wildman–Crippen MR) is 102 cm³/mol. The highest BCUT2D eigenvalue weighted by molar-refractivity contribution is 7.16. The zero-order chi connectivity index (χ0) is 18.6. The number of nitrogens with zero attached hydrogens (tertiary/aromatic N) is 4. The molecule has 1 amide bonds. The molecule has 3 heterocycles. The van der Waals surface area contributed by atoms with E-state index in [0.29, 0.717) is 22.0 Å². The molecule has 1 aliphatic carbocycles. The highest BCUT2D eigenvalue weighted by Gasteiger charge is 2.29. The van der Waals surface area contributed by atoms with Crippen molar-refractivity contribution in [2.45, 2.75) is 39.5 Å². The quantitative estimate of drug-likeness (QED) is 0.761. The smallest absolute Gasteiger partial charge is 0.257 e. The fourth-order valence-corrected chi connectivity index (χ4v) is 4.26. The number of fused-ring (bicyclic) bond motifs is 1. The molecule has 0 bridgehead atoms. The van der Waals surface area contributed by atoms with Crippen LogP contribution >= 0.6 is 11.3 Å². The summed E-state index contributed by atoms with van der Waals surface area (Å²) in [5.74, 6) is 0.218. The molecule has 3 aromatic rings. The maximum atomic E-state index is 13.1. The zero-order valence-electron chi connectivity index (χ0n) is 15.2. The van der Waals surface area contributed by atoms with Crippen molar-refractivity contribution < 1.29 is 4.79 Å². The van der Waals surface area contributed by atoms with Crippen LogP contribution in [0.4, 0.5) is 5.00 Å². The summed E-state index contributed by atoms with van der Waals surface area (Å²) in [4.78, 5) is 18.9. The van der Waals surface area contributed by atoms with Gasteiger partial charge in [0.1, 0.15) is 11.1 Å². The third-order valence-corrected chi connectivity index (χ3v) is 6.08. The van der Waals surface area contributed by atoms with Crippen LogP contribution in [0.5, 0.6) is 0 Å². The Bertz CT molecular complexity index is 1100. The molecule has 7 heteroatoms. The van der Waals surface area contributed by atoms with Crippen LogP contribution in [0.3, 0.4) is 0 Å². The van der Waals surface area contributed by atoms with Crippen molar-refractivity contribution in [2.75, 3.05) is 5.32 Å². The van der Waals surface area contributed by atoms with E-state index >= 15 is 0 Å². The van der Waals surface area contributed by atoms with Gasteiger partial charge in [0.15, 0.2) is 5.65 Å². The Hall–Kier alpha value is -2.72. The summed E-state index contributed by atoms with van der Waals surface area (Å²) in [7, 11) is 1.85. The second-order valence-corrected chi connectivity index (χ2v) is 8.05. The van der Waals surface area contributed by atoms with Crippen LogP contribution in [0.1, 0.15) is 56.5 Å². The molecule has 0 saturated heterocycles. The van der Waals surface area contributed by atoms with Gasteiger partial charge < -0.3 is 5.32 Å². The number of anilines is 1. The van der Waals surface area contributed by atoms with Gasteiger partial charge in [0, 0.05) is 23.5 Å². The maximum absolute atomic E-state index is 13.1. The van der Waals surface area contributed by atoms with E-state index in [4.69, 9.17) is 4.98 Å². The summed E-state index contributed by atoms with van der Waals surface area (Å²) in [5, 5.41) is 18.2. The van der Waals surface area contributed by atoms with Gasteiger partial charge in [0.2, 0.25) is 0 Å². The van der Waals surface area contributed by atoms with Gasteiger partial charge in [-0.1, -0.05) is 0 Å². The van der Waals surface area contributed by atoms with Gasteiger partial charge in [-0.15, -0.1) is 11.3 Å². The fourth-order valence-electron chi connectivity index (χ4n) is 3.25. The van der Waals surface area contributed by atoms with E-state index in [0.717, 1.165) is 45.7 Å². The molecule has 1 N–H and O–H groups in total. The number of pyridine rings is 1. The zero-order valence-corrected chi connectivity index (χ0v) is 16.0. The number of aromatic nitrogens is 3. The Morgan fingerprint density at radius 1 is 1.38 bits per heavy atom. The first-order valence-electron chi connectivity index (χ1n) is 8.56. The molecule has 0 unspecified atom stereocenters. The van der Waals surface area contributed by atoms with Crippen LogP contribution in [-0.2, 0) is 7.05 Å². The second-order valence-electron chi connectivity index (χ2n) is 6.83. The molecule has 0 spiro atoms. The van der Waals surface area contributed by atoms with Gasteiger partial charge in [0.25, 0.3) is 5.91 Å². The van der Waals surface area contributed by atoms with E-state index in [-0.39, 0.29) is 5.91 Å². The molecule has 26 heavy (non-hydrogen) atoms. The Labute approximate surface area is 155 Å². The topological polar surface area (TPSA) is 83.6 Å². The summed E-state index contributed by atoms with van der Waals surface area (Å²) >= 11 is 1.44. The largest absolute Gasteiger partial charge is 0.312 e. The lowest BCUT2D eigenvalue weighted by molar-refractivity contribution is 0.102. The summed E-state index contributed by atoms with van der Waals surface area (Å²) in [5.41, 5.74) is 4.50. The number of hydrogen-bond donors (Lipinski definition) is 1. The number of nitrogens with one attached hydrogen (secondary N) is 1. The molecular formula is C19H19N5OS. The Balaban J connectivity index is 1.82. The van der Waals surface area contributed by atoms with Gasteiger partial charge in [-0.3, -0.25) is 9.48 Å². The number of aryl methyl sites for hydroxylation is 3. The minimum Gasteiger partial charge on any atom is -0.312 e. The number of nitriles is 1. The fraction of sp³-hybridized carbons (Fsp3) is 0.368. The lowest BCUT2D eigenvalue weighted by Crippen LogP contribution is -2.13. The van der Waals surface area contributed by atoms with Crippen molar-refractivity contribution in [3.05, 3.63) is 39.0 Å². The summed E-state index contributed by atoms with van der Waals surface area (Å²) in [6, 6.07) is 4.09. The van der Waals surface area contributed by atoms with Crippen LogP contribution in [0, 0.1) is 32.1 Å². The van der Waals surface area contributed by atoms with E-state index in [2.05, 4.69) is 16.5 Å². The van der Waals surface area contributed by atoms with Crippen LogP contribution in [-0.4, -0.2) is 20.7 Å². The van der Waals surface area contributed by atoms with Crippen molar-refractivity contribution >= 4 is 33.3 Å². The lowest BCUT2D eigenvalue weighted by Gasteiger charge is -2.08. The van der Waals surface area contributed by atoms with E-state index in [1.807, 2.05) is 33.9 Å². The van der Waals surface area contributed by atoms with Gasteiger partial charge >= 0.3 is 0 Å². The molecule has 0 radical (unpaired) electrons. The first kappa shape index (κ1) is 16.7. The van der Waals surface area contributed by atoms with E-state index in [9.17, 15) is 10.1 Å². The van der Waals surface area contributed by atoms with E-state index < -0.39 is 0 Å². The number of carbonyl (C=O) groups is 1. The third kappa shape index (κ3) is 2.58. The molecular weight excluding hydrogens is 346 g/mol. The van der Waals surface area contributed by atoms with Crippen molar-refractivity contribution in [3.63, 3.8) is 0 Å². The molecule has 1 aliphatic rings. The first-order valence-corrected chi connectivity index (χ1v) is 9.38. The van der Waals surface area contributed by atoms with Crippen LogP contribution in [0.15, 0.2) is 6.07 Å². The molecule has 132 valence electrons. The molecule has 6 nitrogen and oxygen atoms in total. The normalized spacial score (nSPS) is 13.8. The Morgan fingerprint density at radius 3 is 2.77 bits per heavy atom. The highest BCUT2D eigenvalue weighted by Crippen LogP contribution is 2.40. The second kappa shape index (κ2) is 5.92. The van der Waals surface area contributed by atoms with Crippen LogP contribution in [0.2, 0.25) is 0 Å². The van der Waals surface area contributed by atoms with Gasteiger partial charge in [-0.05, 0) is 45.2 Å². The average Bonchev–Trinajstić information content (AvgIpc) is 3.36. The monoisotopic (exact) mass is 365 g/mol. The summed E-state index contributed by atoms with van der Waals surface area (Å²) in [6.45, 7) is 5.75. The maximum Gasteiger partial charge on any atom is 0.257 e. The van der Waals surface area contributed by atoms with Gasteiger partial charge in [-0.25, -0.2) is 4.98 Å². The van der Waals surface area contributed by atoms with Gasteiger partial charge in [-0.2, -0.15) is 10.4 Å². The third-order valence-electron chi connectivity index (χ3n) is 4.95. The first-order chi connectivity index (χ1) is 12.4. The SMILES string of the molecule is Cc1sc(NC(=O)c2cc(C3CC3)nc3c2c(C)nn3C)c(C#N)c1C.